The molecule has 1 N–H and O–H groups in total. The van der Waals surface area contributed by atoms with Crippen LogP contribution in [0, 0.1) is 11.7 Å². The van der Waals surface area contributed by atoms with Crippen LogP contribution in [0.15, 0.2) is 29.1 Å². The highest BCUT2D eigenvalue weighted by Gasteiger charge is 2.53. The largest absolute Gasteiger partial charge is 0.502 e. The molecule has 2 aromatic rings. The van der Waals surface area contributed by atoms with Crippen molar-refractivity contribution in [2.45, 2.75) is 50.9 Å². The van der Waals surface area contributed by atoms with Gasteiger partial charge in [-0.05, 0) is 55.7 Å². The van der Waals surface area contributed by atoms with Gasteiger partial charge in [0.25, 0.3) is 17.4 Å². The third kappa shape index (κ3) is 2.73. The summed E-state index contributed by atoms with van der Waals surface area (Å²) in [6.45, 7) is 0.599. The molecule has 1 aromatic carbocycles. The number of carbonyl (C=O) groups is 2. The van der Waals surface area contributed by atoms with E-state index >= 15 is 0 Å². The van der Waals surface area contributed by atoms with E-state index in [4.69, 9.17) is 0 Å². The lowest BCUT2D eigenvalue weighted by Crippen LogP contribution is -2.40. The first-order valence-corrected chi connectivity index (χ1v) is 10.8. The third-order valence-corrected chi connectivity index (χ3v) is 6.88. The van der Waals surface area contributed by atoms with Crippen LogP contribution in [0.3, 0.4) is 0 Å². The Morgan fingerprint density at radius 3 is 2.35 bits per heavy atom. The van der Waals surface area contributed by atoms with Gasteiger partial charge in [0.2, 0.25) is 0 Å². The quantitative estimate of drug-likeness (QED) is 0.819. The van der Waals surface area contributed by atoms with Gasteiger partial charge >= 0.3 is 0 Å². The first-order valence-electron chi connectivity index (χ1n) is 10.8. The second-order valence-electron chi connectivity index (χ2n) is 9.02. The zero-order valence-electron chi connectivity index (χ0n) is 16.9. The molecule has 6 rings (SSSR count). The van der Waals surface area contributed by atoms with E-state index in [-0.39, 0.29) is 47.7 Å². The maximum absolute atomic E-state index is 13.4. The van der Waals surface area contributed by atoms with Crippen molar-refractivity contribution in [3.05, 3.63) is 62.8 Å². The summed E-state index contributed by atoms with van der Waals surface area (Å²) in [6, 6.07) is 6.01. The van der Waals surface area contributed by atoms with Crippen LogP contribution in [-0.2, 0) is 13.0 Å². The number of carbonyl (C=O) groups excluding carboxylic acids is 2. The van der Waals surface area contributed by atoms with E-state index < -0.39 is 17.2 Å². The molecule has 2 aliphatic carbocycles. The Morgan fingerprint density at radius 2 is 1.71 bits per heavy atom. The molecular weight excluding hydrogens is 401 g/mol. The molecule has 1 atom stereocenters. The maximum atomic E-state index is 13.4. The second-order valence-corrected chi connectivity index (χ2v) is 9.02. The van der Waals surface area contributed by atoms with Crippen molar-refractivity contribution in [3.8, 4) is 5.75 Å². The van der Waals surface area contributed by atoms with E-state index in [1.54, 1.807) is 12.1 Å². The lowest BCUT2D eigenvalue weighted by molar-refractivity contribution is 0.0644. The fraction of sp³-hybridized carbons (Fsp3) is 0.435. The lowest BCUT2D eigenvalue weighted by atomic mass is 9.95. The minimum Gasteiger partial charge on any atom is -0.502 e. The molecule has 31 heavy (non-hydrogen) atoms. The topological polar surface area (TPSA) is 82.8 Å². The van der Waals surface area contributed by atoms with Crippen LogP contribution in [0.2, 0.25) is 0 Å². The Labute approximate surface area is 177 Å². The summed E-state index contributed by atoms with van der Waals surface area (Å²) >= 11 is 0. The van der Waals surface area contributed by atoms with Crippen LogP contribution < -0.4 is 5.56 Å². The first kappa shape index (κ1) is 18.6. The van der Waals surface area contributed by atoms with Crippen molar-refractivity contribution in [1.29, 1.82) is 0 Å². The Kier molecular flexibility index (Phi) is 3.85. The van der Waals surface area contributed by atoms with Crippen molar-refractivity contribution in [3.63, 3.8) is 0 Å². The fourth-order valence-electron chi connectivity index (χ4n) is 5.09. The number of benzene rings is 1. The Bertz CT molecular complexity index is 1180. The van der Waals surface area contributed by atoms with Crippen LogP contribution >= 0.6 is 0 Å². The molecule has 0 saturated heterocycles. The molecular formula is C23H22FN3O4. The molecule has 2 amide bonds. The summed E-state index contributed by atoms with van der Waals surface area (Å²) in [7, 11) is 0. The summed E-state index contributed by atoms with van der Waals surface area (Å²) in [4.78, 5) is 43.2. The predicted molar refractivity (Wildman–Crippen MR) is 108 cm³/mol. The van der Waals surface area contributed by atoms with Gasteiger partial charge in [-0.25, -0.2) is 4.39 Å². The zero-order chi connectivity index (χ0) is 21.4. The Hall–Kier alpha value is -3.16. The monoisotopic (exact) mass is 423 g/mol. The van der Waals surface area contributed by atoms with Gasteiger partial charge in [0.05, 0.1) is 5.56 Å². The van der Waals surface area contributed by atoms with Crippen LogP contribution in [-0.4, -0.2) is 43.9 Å². The Morgan fingerprint density at radius 1 is 1.00 bits per heavy atom. The lowest BCUT2D eigenvalue weighted by Gasteiger charge is -2.30. The Balaban J connectivity index is 1.43. The van der Waals surface area contributed by atoms with Crippen LogP contribution in [0.1, 0.15) is 63.8 Å². The minimum absolute atomic E-state index is 0.0508. The number of aromatic nitrogens is 1. The highest BCUT2D eigenvalue weighted by molar-refractivity contribution is 6.05. The third-order valence-electron chi connectivity index (χ3n) is 6.88. The van der Waals surface area contributed by atoms with E-state index in [0.29, 0.717) is 18.5 Å². The molecule has 7 nitrogen and oxygen atoms in total. The number of hydrogen-bond donors (Lipinski definition) is 1. The van der Waals surface area contributed by atoms with E-state index in [1.165, 1.54) is 21.6 Å². The zero-order valence-corrected chi connectivity index (χ0v) is 16.9. The molecule has 160 valence electrons. The molecule has 4 aliphatic rings. The molecule has 0 radical (unpaired) electrons. The van der Waals surface area contributed by atoms with Crippen molar-refractivity contribution in [2.24, 2.45) is 5.92 Å². The van der Waals surface area contributed by atoms with Gasteiger partial charge in [-0.15, -0.1) is 0 Å². The van der Waals surface area contributed by atoms with Gasteiger partial charge in [0.15, 0.2) is 5.75 Å². The number of fused-ring (bicyclic) bond motifs is 3. The molecule has 0 bridgehead atoms. The molecule has 2 aliphatic heterocycles. The maximum Gasteiger partial charge on any atom is 0.295 e. The van der Waals surface area contributed by atoms with Crippen LogP contribution in [0.4, 0.5) is 4.39 Å². The summed E-state index contributed by atoms with van der Waals surface area (Å²) in [5.41, 5.74) is 0.817. The van der Waals surface area contributed by atoms with Crippen molar-refractivity contribution in [1.82, 2.24) is 14.4 Å². The standard InChI is InChI=1S/C23H22FN3O4/c24-14-5-1-12(2-6-14)11-25-10-9-16-17(21(25)29)19(28)23(31)27-18(16)22(30)26(15-7-8-15)20(27)13-3-4-13/h1-2,5-6,13,15,20,28H,3-4,7-11H2/t20-/m0/s1. The van der Waals surface area contributed by atoms with E-state index in [1.807, 2.05) is 4.90 Å². The van der Waals surface area contributed by atoms with E-state index in [9.17, 15) is 23.9 Å². The summed E-state index contributed by atoms with van der Waals surface area (Å²) < 4.78 is 14.7. The van der Waals surface area contributed by atoms with E-state index in [0.717, 1.165) is 31.2 Å². The molecule has 8 heteroatoms. The number of nitrogens with zero attached hydrogens (tertiary/aromatic N) is 3. The molecule has 1 aromatic heterocycles. The number of hydrogen-bond acceptors (Lipinski definition) is 4. The number of aromatic hydroxyl groups is 1. The van der Waals surface area contributed by atoms with Gasteiger partial charge in [0.1, 0.15) is 17.7 Å². The van der Waals surface area contributed by atoms with Crippen LogP contribution in [0.5, 0.6) is 5.75 Å². The highest BCUT2D eigenvalue weighted by Crippen LogP contribution is 2.50. The number of pyridine rings is 1. The molecule has 0 unspecified atom stereocenters. The molecule has 3 heterocycles. The van der Waals surface area contributed by atoms with E-state index in [2.05, 4.69) is 0 Å². The highest BCUT2D eigenvalue weighted by atomic mass is 19.1. The summed E-state index contributed by atoms with van der Waals surface area (Å²) in [5, 5.41) is 10.8. The minimum atomic E-state index is -0.654. The number of rotatable bonds is 4. The van der Waals surface area contributed by atoms with Gasteiger partial charge in [-0.1, -0.05) is 12.1 Å². The SMILES string of the molecule is O=C1c2c(c3n(c(=O)c2O)[C@@H](C2CC2)N(C2CC2)C3=O)CCN1Cc1ccc(F)cc1. The van der Waals surface area contributed by atoms with Gasteiger partial charge in [-0.3, -0.25) is 19.0 Å². The predicted octanol–water partition coefficient (Wildman–Crippen LogP) is 2.42. The number of halogens is 1. The van der Waals surface area contributed by atoms with Gasteiger partial charge in [0, 0.05) is 24.7 Å². The smallest absolute Gasteiger partial charge is 0.295 e. The van der Waals surface area contributed by atoms with Crippen molar-refractivity contribution >= 4 is 11.8 Å². The average molecular weight is 423 g/mol. The average Bonchev–Trinajstić information content (AvgIpc) is 3.67. The van der Waals surface area contributed by atoms with Gasteiger partial charge < -0.3 is 14.9 Å². The fourth-order valence-corrected chi connectivity index (χ4v) is 5.09. The summed E-state index contributed by atoms with van der Waals surface area (Å²) in [6.07, 6.45) is 3.80. The molecule has 2 fully saturated rings. The van der Waals surface area contributed by atoms with Crippen LogP contribution in [0.25, 0.3) is 0 Å². The second kappa shape index (κ2) is 6.42. The molecule has 2 saturated carbocycles. The van der Waals surface area contributed by atoms with Crippen molar-refractivity contribution in [2.75, 3.05) is 6.54 Å². The number of amides is 2. The first-order chi connectivity index (χ1) is 15.0. The van der Waals surface area contributed by atoms with Crippen molar-refractivity contribution < 1.29 is 19.1 Å². The van der Waals surface area contributed by atoms with Gasteiger partial charge in [-0.2, -0.15) is 0 Å². The molecule has 0 spiro atoms. The summed E-state index contributed by atoms with van der Waals surface area (Å²) in [5.74, 6) is -1.35. The normalized spacial score (nSPS) is 22.7.